The van der Waals surface area contributed by atoms with Gasteiger partial charge in [0.05, 0.1) is 5.56 Å². The summed E-state index contributed by atoms with van der Waals surface area (Å²) in [5.41, 5.74) is 8.02. The van der Waals surface area contributed by atoms with E-state index in [0.29, 0.717) is 30.3 Å². The molecule has 1 amide bonds. The minimum atomic E-state index is -0.000475. The average Bonchev–Trinajstić information content (AvgIpc) is 2.61. The summed E-state index contributed by atoms with van der Waals surface area (Å²) in [6.07, 6.45) is 0. The predicted molar refractivity (Wildman–Crippen MR) is 114 cm³/mol. The van der Waals surface area contributed by atoms with Gasteiger partial charge in [-0.15, -0.1) is 24.8 Å². The second-order valence-electron chi connectivity index (χ2n) is 6.75. The minimum Gasteiger partial charge on any atom is -0.398 e. The van der Waals surface area contributed by atoms with Crippen molar-refractivity contribution in [2.45, 2.75) is 26.7 Å². The van der Waals surface area contributed by atoms with E-state index in [0.717, 1.165) is 30.4 Å². The zero-order valence-corrected chi connectivity index (χ0v) is 17.5. The van der Waals surface area contributed by atoms with Gasteiger partial charge in [0.2, 0.25) is 0 Å². The molecule has 27 heavy (non-hydrogen) atoms. The van der Waals surface area contributed by atoms with Crippen LogP contribution in [0.4, 0.5) is 11.5 Å². The molecule has 0 unspecified atom stereocenters. The molecule has 2 aromatic rings. The molecular weight excluding hydrogens is 385 g/mol. The van der Waals surface area contributed by atoms with Gasteiger partial charge in [-0.2, -0.15) is 0 Å². The molecule has 1 aliphatic rings. The third-order valence-electron chi connectivity index (χ3n) is 4.46. The summed E-state index contributed by atoms with van der Waals surface area (Å²) < 4.78 is 0. The summed E-state index contributed by atoms with van der Waals surface area (Å²) in [4.78, 5) is 25.9. The van der Waals surface area contributed by atoms with E-state index in [4.69, 9.17) is 10.7 Å². The number of nitrogen functional groups attached to an aromatic ring is 1. The lowest BCUT2D eigenvalue weighted by atomic mass is 10.1. The number of hydrogen-bond acceptors (Lipinski definition) is 5. The van der Waals surface area contributed by atoms with E-state index in [-0.39, 0.29) is 30.7 Å². The Balaban J connectivity index is 0.00000182. The lowest BCUT2D eigenvalue weighted by Crippen LogP contribution is -2.49. The van der Waals surface area contributed by atoms with Crippen molar-refractivity contribution in [3.63, 3.8) is 0 Å². The zero-order valence-electron chi connectivity index (χ0n) is 15.9. The first-order valence-corrected chi connectivity index (χ1v) is 8.70. The molecular formula is C19H27Cl2N5O. The quantitative estimate of drug-likeness (QED) is 0.783. The molecule has 0 bridgehead atoms. The first-order valence-electron chi connectivity index (χ1n) is 8.70. The van der Waals surface area contributed by atoms with Crippen molar-refractivity contribution in [3.05, 3.63) is 47.4 Å². The molecule has 3 rings (SSSR count). The van der Waals surface area contributed by atoms with Crippen LogP contribution >= 0.6 is 24.8 Å². The molecule has 6 nitrogen and oxygen atoms in total. The number of hydrogen-bond donors (Lipinski definition) is 1. The fourth-order valence-corrected chi connectivity index (χ4v) is 3.00. The largest absolute Gasteiger partial charge is 0.398 e. The summed E-state index contributed by atoms with van der Waals surface area (Å²) in [5.74, 6) is 2.11. The molecule has 0 aliphatic carbocycles. The Hall–Kier alpha value is -2.05. The van der Waals surface area contributed by atoms with E-state index < -0.39 is 0 Å². The number of carbonyl (C=O) groups is 1. The highest BCUT2D eigenvalue weighted by Crippen LogP contribution is 2.20. The van der Waals surface area contributed by atoms with Gasteiger partial charge in [-0.3, -0.25) is 4.79 Å². The van der Waals surface area contributed by atoms with Crippen LogP contribution in [-0.2, 0) is 0 Å². The molecule has 1 aromatic carbocycles. The smallest absolute Gasteiger partial charge is 0.256 e. The SMILES string of the molecule is Cc1cc(N2CCN(C(=O)c3ccccc3N)CC2)nc(C(C)C)n1.Cl.Cl. The van der Waals surface area contributed by atoms with Gasteiger partial charge in [-0.25, -0.2) is 9.97 Å². The van der Waals surface area contributed by atoms with E-state index in [1.807, 2.05) is 30.0 Å². The van der Waals surface area contributed by atoms with Gasteiger partial charge < -0.3 is 15.5 Å². The van der Waals surface area contributed by atoms with Crippen molar-refractivity contribution in [2.24, 2.45) is 0 Å². The standard InChI is InChI=1S/C19H25N5O.2ClH/c1-13(2)18-21-14(3)12-17(22-18)23-8-10-24(11-9-23)19(25)15-6-4-5-7-16(15)20;;/h4-7,12-13H,8-11,20H2,1-3H3;2*1H. The second kappa shape index (κ2) is 9.76. The Morgan fingerprint density at radius 1 is 1.07 bits per heavy atom. The topological polar surface area (TPSA) is 75.3 Å². The lowest BCUT2D eigenvalue weighted by molar-refractivity contribution is 0.0747. The molecule has 1 aliphatic heterocycles. The minimum absolute atomic E-state index is 0. The molecule has 1 aromatic heterocycles. The van der Waals surface area contributed by atoms with Gasteiger partial charge in [0, 0.05) is 49.5 Å². The summed E-state index contributed by atoms with van der Waals surface area (Å²) in [6.45, 7) is 9.02. The Morgan fingerprint density at radius 2 is 1.70 bits per heavy atom. The molecule has 8 heteroatoms. The van der Waals surface area contributed by atoms with E-state index >= 15 is 0 Å². The van der Waals surface area contributed by atoms with Crippen LogP contribution in [0.3, 0.4) is 0 Å². The van der Waals surface area contributed by atoms with Crippen LogP contribution in [0.15, 0.2) is 30.3 Å². The van der Waals surface area contributed by atoms with Crippen molar-refractivity contribution >= 4 is 42.2 Å². The number of aryl methyl sites for hydroxylation is 1. The fraction of sp³-hybridized carbons (Fsp3) is 0.421. The number of rotatable bonds is 3. The van der Waals surface area contributed by atoms with Crippen LogP contribution < -0.4 is 10.6 Å². The van der Waals surface area contributed by atoms with Crippen molar-refractivity contribution in [1.82, 2.24) is 14.9 Å². The number of halogens is 2. The number of anilines is 2. The number of para-hydroxylation sites is 1. The first kappa shape index (κ1) is 23.0. The van der Waals surface area contributed by atoms with Crippen molar-refractivity contribution < 1.29 is 4.79 Å². The third-order valence-corrected chi connectivity index (χ3v) is 4.46. The van der Waals surface area contributed by atoms with E-state index in [2.05, 4.69) is 23.7 Å². The molecule has 0 saturated carbocycles. The number of piperazine rings is 1. The third kappa shape index (κ3) is 5.23. The Bertz CT molecular complexity index is 776. The van der Waals surface area contributed by atoms with Crippen molar-refractivity contribution in [3.8, 4) is 0 Å². The van der Waals surface area contributed by atoms with Gasteiger partial charge in [0.25, 0.3) is 5.91 Å². The molecule has 1 saturated heterocycles. The number of aromatic nitrogens is 2. The maximum atomic E-state index is 12.7. The monoisotopic (exact) mass is 411 g/mol. The highest BCUT2D eigenvalue weighted by Gasteiger charge is 2.24. The number of carbonyl (C=O) groups excluding carboxylic acids is 1. The fourth-order valence-electron chi connectivity index (χ4n) is 3.00. The van der Waals surface area contributed by atoms with E-state index in [1.165, 1.54) is 0 Å². The second-order valence-corrected chi connectivity index (χ2v) is 6.75. The van der Waals surface area contributed by atoms with Crippen LogP contribution in [0.5, 0.6) is 0 Å². The highest BCUT2D eigenvalue weighted by molar-refractivity contribution is 5.99. The van der Waals surface area contributed by atoms with E-state index in [9.17, 15) is 4.79 Å². The van der Waals surface area contributed by atoms with Gasteiger partial charge in [0.15, 0.2) is 0 Å². The molecule has 0 spiro atoms. The number of nitrogens with zero attached hydrogens (tertiary/aromatic N) is 4. The van der Waals surface area contributed by atoms with Crippen LogP contribution in [-0.4, -0.2) is 47.0 Å². The van der Waals surface area contributed by atoms with Crippen LogP contribution in [0.1, 0.15) is 41.6 Å². The maximum absolute atomic E-state index is 12.7. The average molecular weight is 412 g/mol. The first-order chi connectivity index (χ1) is 12.0. The summed E-state index contributed by atoms with van der Waals surface area (Å²) in [6, 6.07) is 9.25. The number of nitrogens with two attached hydrogens (primary N) is 1. The van der Waals surface area contributed by atoms with Crippen LogP contribution in [0, 0.1) is 6.92 Å². The molecule has 0 atom stereocenters. The van der Waals surface area contributed by atoms with Crippen LogP contribution in [0.25, 0.3) is 0 Å². The Kier molecular flexibility index (Phi) is 8.31. The van der Waals surface area contributed by atoms with E-state index in [1.54, 1.807) is 12.1 Å². The molecule has 2 N–H and O–H groups in total. The zero-order chi connectivity index (χ0) is 18.0. The Morgan fingerprint density at radius 3 is 2.30 bits per heavy atom. The summed E-state index contributed by atoms with van der Waals surface area (Å²) >= 11 is 0. The predicted octanol–water partition coefficient (Wildman–Crippen LogP) is 3.30. The molecule has 1 fully saturated rings. The van der Waals surface area contributed by atoms with Gasteiger partial charge >= 0.3 is 0 Å². The van der Waals surface area contributed by atoms with Crippen LogP contribution in [0.2, 0.25) is 0 Å². The van der Waals surface area contributed by atoms with Gasteiger partial charge in [0.1, 0.15) is 11.6 Å². The Labute approximate surface area is 173 Å². The molecule has 148 valence electrons. The van der Waals surface area contributed by atoms with Gasteiger partial charge in [-0.1, -0.05) is 26.0 Å². The number of amides is 1. The molecule has 2 heterocycles. The van der Waals surface area contributed by atoms with Crippen molar-refractivity contribution in [1.29, 1.82) is 0 Å². The highest BCUT2D eigenvalue weighted by atomic mass is 35.5. The number of benzene rings is 1. The summed E-state index contributed by atoms with van der Waals surface area (Å²) in [7, 11) is 0. The molecule has 0 radical (unpaired) electrons. The summed E-state index contributed by atoms with van der Waals surface area (Å²) in [5, 5.41) is 0. The maximum Gasteiger partial charge on any atom is 0.256 e. The van der Waals surface area contributed by atoms with Gasteiger partial charge in [-0.05, 0) is 19.1 Å². The lowest BCUT2D eigenvalue weighted by Gasteiger charge is -2.35. The van der Waals surface area contributed by atoms with Crippen molar-refractivity contribution in [2.75, 3.05) is 36.8 Å². The normalized spacial score (nSPS) is 13.8.